The first-order valence-electron chi connectivity index (χ1n) is 23.4. The highest BCUT2D eigenvalue weighted by Crippen LogP contribution is 2.38. The predicted octanol–water partition coefficient (Wildman–Crippen LogP) is 12.7. The summed E-state index contributed by atoms with van der Waals surface area (Å²) >= 11 is 0. The second-order valence-electron chi connectivity index (χ2n) is 17.1. The highest BCUT2D eigenvalue weighted by molar-refractivity contribution is 7.45. The van der Waals surface area contributed by atoms with E-state index in [0.717, 1.165) is 44.9 Å². The largest absolute Gasteiger partial charge is 0.756 e. The SMILES string of the molecule is CCCCCCCCCC/C=C\CCCCCCCCCC(=O)O[C@H](COC(=O)CCCCCCCCCCCCCCC)COP(=O)([O-])OCC[N+](C)(C)C. The zero-order valence-corrected chi connectivity index (χ0v) is 38.2. The molecule has 0 saturated carbocycles. The minimum absolute atomic E-state index is 0.0285. The van der Waals surface area contributed by atoms with Gasteiger partial charge in [0, 0.05) is 12.8 Å². The molecule has 0 aromatic rings. The van der Waals surface area contributed by atoms with E-state index in [1.165, 1.54) is 141 Å². The Balaban J connectivity index is 4.29. The van der Waals surface area contributed by atoms with Crippen LogP contribution >= 0.6 is 7.82 Å². The minimum Gasteiger partial charge on any atom is -0.756 e. The van der Waals surface area contributed by atoms with Gasteiger partial charge in [0.2, 0.25) is 0 Å². The minimum atomic E-state index is -4.62. The van der Waals surface area contributed by atoms with Gasteiger partial charge in [-0.2, -0.15) is 0 Å². The summed E-state index contributed by atoms with van der Waals surface area (Å²) in [6.07, 6.45) is 40.9. The smallest absolute Gasteiger partial charge is 0.306 e. The predicted molar refractivity (Wildman–Crippen MR) is 231 cm³/mol. The van der Waals surface area contributed by atoms with Crippen molar-refractivity contribution < 1.29 is 42.1 Å². The Labute approximate surface area is 346 Å². The summed E-state index contributed by atoms with van der Waals surface area (Å²) in [6, 6.07) is 0. The summed E-state index contributed by atoms with van der Waals surface area (Å²) in [5, 5.41) is 0. The first-order valence-corrected chi connectivity index (χ1v) is 24.9. The van der Waals surface area contributed by atoms with Gasteiger partial charge in [0.1, 0.15) is 19.8 Å². The number of quaternary nitrogens is 1. The van der Waals surface area contributed by atoms with Crippen LogP contribution < -0.4 is 4.89 Å². The van der Waals surface area contributed by atoms with Crippen molar-refractivity contribution in [1.82, 2.24) is 0 Å². The van der Waals surface area contributed by atoms with Gasteiger partial charge in [0.15, 0.2) is 6.10 Å². The Hall–Kier alpha value is -1.25. The first-order chi connectivity index (χ1) is 27.0. The molecule has 0 fully saturated rings. The molecule has 332 valence electrons. The van der Waals surface area contributed by atoms with Gasteiger partial charge in [-0.1, -0.05) is 180 Å². The fourth-order valence-corrected chi connectivity index (χ4v) is 7.32. The van der Waals surface area contributed by atoms with Gasteiger partial charge >= 0.3 is 11.9 Å². The number of hydrogen-bond acceptors (Lipinski definition) is 8. The van der Waals surface area contributed by atoms with E-state index in [9.17, 15) is 19.0 Å². The molecule has 0 bridgehead atoms. The van der Waals surface area contributed by atoms with Crippen LogP contribution in [0.25, 0.3) is 0 Å². The number of likely N-dealkylation sites (N-methyl/N-ethyl adjacent to an activating group) is 1. The number of unbranched alkanes of at least 4 members (excludes halogenated alkanes) is 27. The molecule has 0 aromatic carbocycles. The zero-order valence-electron chi connectivity index (χ0n) is 37.3. The maximum absolute atomic E-state index is 12.7. The summed E-state index contributed by atoms with van der Waals surface area (Å²) in [6.45, 7) is 4.25. The van der Waals surface area contributed by atoms with Gasteiger partial charge in [-0.15, -0.1) is 0 Å². The van der Waals surface area contributed by atoms with Gasteiger partial charge < -0.3 is 27.9 Å². The van der Waals surface area contributed by atoms with Crippen molar-refractivity contribution in [2.45, 2.75) is 225 Å². The number of rotatable bonds is 43. The molecule has 0 amide bonds. The van der Waals surface area contributed by atoms with Gasteiger partial charge in [-0.3, -0.25) is 14.2 Å². The van der Waals surface area contributed by atoms with E-state index in [2.05, 4.69) is 26.0 Å². The third-order valence-corrected chi connectivity index (χ3v) is 11.2. The number of nitrogens with zero attached hydrogens (tertiary/aromatic N) is 1. The highest BCUT2D eigenvalue weighted by atomic mass is 31.2. The Morgan fingerprint density at radius 2 is 0.911 bits per heavy atom. The fourth-order valence-electron chi connectivity index (χ4n) is 6.59. The van der Waals surface area contributed by atoms with Crippen molar-refractivity contribution in [2.24, 2.45) is 0 Å². The fraction of sp³-hybridized carbons (Fsp3) is 0.913. The molecular weight excluding hydrogens is 725 g/mol. The van der Waals surface area contributed by atoms with E-state index in [1.807, 2.05) is 21.1 Å². The Bertz CT molecular complexity index is 969. The van der Waals surface area contributed by atoms with Crippen LogP contribution in [-0.4, -0.2) is 70.0 Å². The molecule has 0 spiro atoms. The summed E-state index contributed by atoms with van der Waals surface area (Å²) in [4.78, 5) is 37.6. The monoisotopic (exact) mass is 816 g/mol. The Kier molecular flexibility index (Phi) is 38.3. The van der Waals surface area contributed by atoms with E-state index in [4.69, 9.17) is 18.5 Å². The quantitative estimate of drug-likeness (QED) is 0.0197. The van der Waals surface area contributed by atoms with Crippen molar-refractivity contribution in [3.63, 3.8) is 0 Å². The molecule has 0 heterocycles. The molecule has 0 rings (SSSR count). The van der Waals surface area contributed by atoms with Crippen molar-refractivity contribution in [3.8, 4) is 0 Å². The molecule has 0 aliphatic carbocycles. The summed E-state index contributed by atoms with van der Waals surface area (Å²) in [7, 11) is 1.17. The number of esters is 2. The maximum Gasteiger partial charge on any atom is 0.306 e. The molecular formula is C46H90NO8P. The van der Waals surface area contributed by atoms with E-state index in [0.29, 0.717) is 17.4 Å². The Morgan fingerprint density at radius 1 is 0.536 bits per heavy atom. The van der Waals surface area contributed by atoms with Gasteiger partial charge in [0.05, 0.1) is 27.7 Å². The molecule has 2 atom stereocenters. The molecule has 0 aromatic heterocycles. The van der Waals surface area contributed by atoms with Gasteiger partial charge in [-0.05, 0) is 38.5 Å². The number of allylic oxidation sites excluding steroid dienone is 2. The number of carbonyl (C=O) groups is 2. The second kappa shape index (κ2) is 39.2. The second-order valence-corrected chi connectivity index (χ2v) is 18.5. The maximum atomic E-state index is 12.7. The molecule has 10 heteroatoms. The lowest BCUT2D eigenvalue weighted by Gasteiger charge is -2.28. The number of carbonyl (C=O) groups excluding carboxylic acids is 2. The molecule has 0 aliphatic rings. The topological polar surface area (TPSA) is 111 Å². The van der Waals surface area contributed by atoms with Crippen LogP contribution in [0.3, 0.4) is 0 Å². The third kappa shape index (κ3) is 42.4. The Morgan fingerprint density at radius 3 is 1.32 bits per heavy atom. The number of phosphoric acid groups is 1. The van der Waals surface area contributed by atoms with Crippen molar-refractivity contribution in [2.75, 3.05) is 47.5 Å². The van der Waals surface area contributed by atoms with Crippen LogP contribution in [-0.2, 0) is 32.7 Å². The molecule has 0 N–H and O–H groups in total. The lowest BCUT2D eigenvalue weighted by molar-refractivity contribution is -0.870. The van der Waals surface area contributed by atoms with Crippen LogP contribution in [0.1, 0.15) is 219 Å². The third-order valence-electron chi connectivity index (χ3n) is 10.3. The molecule has 0 radical (unpaired) electrons. The van der Waals surface area contributed by atoms with Crippen molar-refractivity contribution in [3.05, 3.63) is 12.2 Å². The standard InChI is InChI=1S/C46H90NO8P/c1-6-8-10-12-14-16-18-20-21-22-23-24-25-27-29-31-33-35-37-39-46(49)55-44(43-54-56(50,51)53-41-40-47(3,4)5)42-52-45(48)38-36-34-32-30-28-26-19-17-15-13-11-9-7-2/h22-23,44H,6-21,24-43H2,1-5H3/b23-22-/t44-/m1/s1. The van der Waals surface area contributed by atoms with Crippen LogP contribution in [0.4, 0.5) is 0 Å². The van der Waals surface area contributed by atoms with Crippen LogP contribution in [0.15, 0.2) is 12.2 Å². The summed E-state index contributed by atoms with van der Waals surface area (Å²) < 4.78 is 33.9. The van der Waals surface area contributed by atoms with Gasteiger partial charge in [0.25, 0.3) is 7.82 Å². The van der Waals surface area contributed by atoms with Crippen LogP contribution in [0, 0.1) is 0 Å². The zero-order chi connectivity index (χ0) is 41.4. The van der Waals surface area contributed by atoms with E-state index in [-0.39, 0.29) is 32.0 Å². The molecule has 56 heavy (non-hydrogen) atoms. The highest BCUT2D eigenvalue weighted by Gasteiger charge is 2.21. The number of phosphoric ester groups is 1. The lowest BCUT2D eigenvalue weighted by Crippen LogP contribution is -2.37. The normalized spacial score (nSPS) is 13.6. The van der Waals surface area contributed by atoms with E-state index in [1.54, 1.807) is 0 Å². The summed E-state index contributed by atoms with van der Waals surface area (Å²) in [5.74, 6) is -0.829. The number of ether oxygens (including phenoxy) is 2. The lowest BCUT2D eigenvalue weighted by atomic mass is 10.0. The number of hydrogen-bond donors (Lipinski definition) is 0. The van der Waals surface area contributed by atoms with Gasteiger partial charge in [-0.25, -0.2) is 0 Å². The average molecular weight is 816 g/mol. The summed E-state index contributed by atoms with van der Waals surface area (Å²) in [5.41, 5.74) is 0. The van der Waals surface area contributed by atoms with Crippen LogP contribution in [0.2, 0.25) is 0 Å². The molecule has 1 unspecified atom stereocenters. The van der Waals surface area contributed by atoms with Crippen molar-refractivity contribution in [1.29, 1.82) is 0 Å². The average Bonchev–Trinajstić information content (AvgIpc) is 3.15. The molecule has 0 saturated heterocycles. The molecule has 0 aliphatic heterocycles. The first kappa shape index (κ1) is 54.8. The van der Waals surface area contributed by atoms with Crippen LogP contribution in [0.5, 0.6) is 0 Å². The van der Waals surface area contributed by atoms with E-state index >= 15 is 0 Å². The van der Waals surface area contributed by atoms with Crippen molar-refractivity contribution >= 4 is 19.8 Å². The van der Waals surface area contributed by atoms with E-state index < -0.39 is 26.5 Å². The molecule has 9 nitrogen and oxygen atoms in total.